The van der Waals surface area contributed by atoms with E-state index in [-0.39, 0.29) is 23.6 Å². The Hall–Kier alpha value is -1.97. The van der Waals surface area contributed by atoms with Gasteiger partial charge >= 0.3 is 6.18 Å². The number of alkyl halides is 3. The number of carbonyl (C=O) groups excluding carboxylic acids is 1. The number of halogens is 5. The maximum absolute atomic E-state index is 13.0. The molecule has 31 heavy (non-hydrogen) atoms. The quantitative estimate of drug-likeness (QED) is 0.703. The summed E-state index contributed by atoms with van der Waals surface area (Å²) in [4.78, 5) is 14.4. The normalized spacial score (nSPS) is 16.5. The fourth-order valence-electron chi connectivity index (χ4n) is 3.87. The molecule has 0 bridgehead atoms. The Kier molecular flexibility index (Phi) is 6.78. The fraction of sp³-hybridized carbons (Fsp3) is 0.500. The Morgan fingerprint density at radius 3 is 2.45 bits per heavy atom. The van der Waals surface area contributed by atoms with Gasteiger partial charge in [-0.3, -0.25) is 9.48 Å². The average molecular weight is 479 g/mol. The fourth-order valence-corrected chi connectivity index (χ4v) is 4.31. The van der Waals surface area contributed by atoms with Crippen molar-refractivity contribution >= 4 is 29.1 Å². The van der Waals surface area contributed by atoms with Crippen LogP contribution < -0.4 is 10.5 Å². The third-order valence-electron chi connectivity index (χ3n) is 5.91. The highest BCUT2D eigenvalue weighted by molar-refractivity contribution is 6.32. The Morgan fingerprint density at radius 2 is 1.94 bits per heavy atom. The van der Waals surface area contributed by atoms with Gasteiger partial charge in [0.15, 0.2) is 5.69 Å². The highest BCUT2D eigenvalue weighted by Crippen LogP contribution is 2.39. The molecule has 170 valence electrons. The highest BCUT2D eigenvalue weighted by atomic mass is 35.5. The Morgan fingerprint density at radius 1 is 1.29 bits per heavy atom. The number of aromatic nitrogens is 2. The number of carbonyl (C=O) groups is 1. The molecular weight excluding hydrogens is 456 g/mol. The van der Waals surface area contributed by atoms with Crippen molar-refractivity contribution in [2.45, 2.75) is 37.9 Å². The largest absolute Gasteiger partial charge is 0.495 e. The van der Waals surface area contributed by atoms with Crippen molar-refractivity contribution in [3.05, 3.63) is 45.2 Å². The smallest absolute Gasteiger partial charge is 0.436 e. The molecule has 2 aromatic rings. The Balaban J connectivity index is 1.72. The van der Waals surface area contributed by atoms with Crippen LogP contribution in [0.2, 0.25) is 10.0 Å². The molecule has 1 aromatic carbocycles. The first kappa shape index (κ1) is 23.7. The van der Waals surface area contributed by atoms with Crippen LogP contribution in [-0.2, 0) is 22.9 Å². The second kappa shape index (κ2) is 8.88. The second-order valence-electron chi connectivity index (χ2n) is 7.62. The van der Waals surface area contributed by atoms with Gasteiger partial charge in [0.2, 0.25) is 5.91 Å². The van der Waals surface area contributed by atoms with Crippen LogP contribution in [0, 0.1) is 6.92 Å². The summed E-state index contributed by atoms with van der Waals surface area (Å²) in [5.74, 6) is 0.229. The maximum atomic E-state index is 13.0. The van der Waals surface area contributed by atoms with Crippen molar-refractivity contribution in [2.75, 3.05) is 26.7 Å². The molecule has 2 heterocycles. The summed E-state index contributed by atoms with van der Waals surface area (Å²) in [6.07, 6.45) is -3.47. The topological polar surface area (TPSA) is 73.4 Å². The lowest BCUT2D eigenvalue weighted by molar-refractivity contribution is -0.142. The summed E-state index contributed by atoms with van der Waals surface area (Å²) in [7, 11) is 1.54. The van der Waals surface area contributed by atoms with Gasteiger partial charge in [-0.15, -0.1) is 0 Å². The van der Waals surface area contributed by atoms with Crippen molar-refractivity contribution < 1.29 is 22.7 Å². The molecule has 1 amide bonds. The van der Waals surface area contributed by atoms with E-state index in [1.807, 2.05) is 12.1 Å². The van der Waals surface area contributed by atoms with Crippen LogP contribution in [-0.4, -0.2) is 47.3 Å². The molecule has 1 aliphatic rings. The number of hydrogen-bond donors (Lipinski definition) is 1. The molecule has 1 fully saturated rings. The summed E-state index contributed by atoms with van der Waals surface area (Å²) in [5.41, 5.74) is 5.67. The van der Waals surface area contributed by atoms with Crippen LogP contribution in [0.4, 0.5) is 13.2 Å². The number of benzene rings is 1. The van der Waals surface area contributed by atoms with Crippen LogP contribution in [0.25, 0.3) is 0 Å². The predicted molar refractivity (Wildman–Crippen MR) is 112 cm³/mol. The van der Waals surface area contributed by atoms with Crippen LogP contribution >= 0.6 is 23.2 Å². The van der Waals surface area contributed by atoms with Crippen molar-refractivity contribution in [1.29, 1.82) is 0 Å². The first-order valence-corrected chi connectivity index (χ1v) is 10.4. The second-order valence-corrected chi connectivity index (χ2v) is 8.40. The molecule has 11 heteroatoms. The van der Waals surface area contributed by atoms with E-state index in [9.17, 15) is 18.0 Å². The number of rotatable bonds is 5. The molecule has 0 saturated carbocycles. The molecule has 1 saturated heterocycles. The first-order chi connectivity index (χ1) is 14.5. The van der Waals surface area contributed by atoms with E-state index in [1.165, 1.54) is 14.0 Å². The van der Waals surface area contributed by atoms with Crippen molar-refractivity contribution in [1.82, 2.24) is 14.7 Å². The van der Waals surface area contributed by atoms with Crippen molar-refractivity contribution in [2.24, 2.45) is 5.73 Å². The van der Waals surface area contributed by atoms with E-state index < -0.39 is 16.9 Å². The van der Waals surface area contributed by atoms with Crippen LogP contribution in [0.3, 0.4) is 0 Å². The number of nitrogens with zero attached hydrogens (tertiary/aromatic N) is 3. The monoisotopic (exact) mass is 478 g/mol. The minimum atomic E-state index is -4.68. The summed E-state index contributed by atoms with van der Waals surface area (Å²) in [5, 5.41) is 3.51. The van der Waals surface area contributed by atoms with Gasteiger partial charge in [-0.1, -0.05) is 29.3 Å². The highest BCUT2D eigenvalue weighted by Gasteiger charge is 2.39. The van der Waals surface area contributed by atoms with Gasteiger partial charge in [0.1, 0.15) is 12.3 Å². The minimum absolute atomic E-state index is 0.101. The standard InChI is InChI=1S/C20H23Cl2F3N4O2/c1-12-17(22)18(20(23,24)25)27-29(12)10-16(30)28-7-5-19(11-26,6-8-28)13-3-4-14(21)15(9-13)31-2/h3-4,9H,5-8,10-11,26H2,1-2H3. The number of methoxy groups -OCH3 is 1. The van der Waals surface area contributed by atoms with E-state index in [0.717, 1.165) is 10.2 Å². The van der Waals surface area contributed by atoms with Gasteiger partial charge in [0.05, 0.1) is 22.8 Å². The SMILES string of the molecule is COc1cc(C2(CN)CCN(C(=O)Cn3nc(C(F)(F)F)c(Cl)c3C)CC2)ccc1Cl. The van der Waals surface area contributed by atoms with E-state index in [1.54, 1.807) is 11.0 Å². The number of nitrogens with two attached hydrogens (primary N) is 1. The summed E-state index contributed by atoms with van der Waals surface area (Å²) in [6.45, 7) is 2.30. The molecule has 1 aliphatic heterocycles. The lowest BCUT2D eigenvalue weighted by Crippen LogP contribution is -2.49. The van der Waals surface area contributed by atoms with E-state index in [0.29, 0.717) is 43.2 Å². The van der Waals surface area contributed by atoms with Gasteiger partial charge in [-0.05, 0) is 37.5 Å². The Bertz CT molecular complexity index is 970. The minimum Gasteiger partial charge on any atom is -0.495 e. The predicted octanol–water partition coefficient (Wildman–Crippen LogP) is 4.04. The zero-order valence-electron chi connectivity index (χ0n) is 17.1. The average Bonchev–Trinajstić information content (AvgIpc) is 3.02. The summed E-state index contributed by atoms with van der Waals surface area (Å²) < 4.78 is 45.3. The molecule has 0 aliphatic carbocycles. The molecule has 0 unspecified atom stereocenters. The molecule has 1 aromatic heterocycles. The number of hydrogen-bond acceptors (Lipinski definition) is 4. The van der Waals surface area contributed by atoms with Gasteiger partial charge in [0.25, 0.3) is 0 Å². The van der Waals surface area contributed by atoms with E-state index in [2.05, 4.69) is 5.10 Å². The van der Waals surface area contributed by atoms with Gasteiger partial charge in [-0.2, -0.15) is 18.3 Å². The zero-order valence-corrected chi connectivity index (χ0v) is 18.6. The zero-order chi connectivity index (χ0) is 23.0. The van der Waals surface area contributed by atoms with Crippen LogP contribution in [0.15, 0.2) is 18.2 Å². The number of piperidine rings is 1. The number of ether oxygens (including phenoxy) is 1. The van der Waals surface area contributed by atoms with Gasteiger partial charge < -0.3 is 15.4 Å². The third-order valence-corrected chi connectivity index (χ3v) is 6.68. The van der Waals surface area contributed by atoms with Crippen molar-refractivity contribution in [3.63, 3.8) is 0 Å². The summed E-state index contributed by atoms with van der Waals surface area (Å²) >= 11 is 11.9. The molecule has 0 spiro atoms. The Labute approximate surface area is 188 Å². The molecule has 6 nitrogen and oxygen atoms in total. The van der Waals surface area contributed by atoms with Crippen LogP contribution in [0.5, 0.6) is 5.75 Å². The van der Waals surface area contributed by atoms with Crippen molar-refractivity contribution in [3.8, 4) is 5.75 Å². The lowest BCUT2D eigenvalue weighted by Gasteiger charge is -2.41. The lowest BCUT2D eigenvalue weighted by atomic mass is 9.72. The molecule has 2 N–H and O–H groups in total. The summed E-state index contributed by atoms with van der Waals surface area (Å²) in [6, 6.07) is 5.52. The van der Waals surface area contributed by atoms with E-state index >= 15 is 0 Å². The third kappa shape index (κ3) is 4.63. The molecular formula is C20H23Cl2F3N4O2. The van der Waals surface area contributed by atoms with Crippen LogP contribution in [0.1, 0.15) is 29.8 Å². The maximum Gasteiger partial charge on any atom is 0.436 e. The van der Waals surface area contributed by atoms with E-state index in [4.69, 9.17) is 33.7 Å². The van der Waals surface area contributed by atoms with Gasteiger partial charge in [-0.25, -0.2) is 0 Å². The number of amides is 1. The van der Waals surface area contributed by atoms with Gasteiger partial charge in [0, 0.05) is 25.0 Å². The first-order valence-electron chi connectivity index (χ1n) is 9.64. The molecule has 0 radical (unpaired) electrons. The molecule has 0 atom stereocenters. The molecule has 3 rings (SSSR count). The number of likely N-dealkylation sites (tertiary alicyclic amines) is 1.